The standard InChI is InChI=1S/C20H19BrN2O4S/c1-2-13-4-7-17(11-19(13)28(22,25)26)23-20(24)12-27-18-8-5-14-9-16(21)6-3-15(14)10-18/h3-11H,2,12H2,1H3,(H,23,24)(H2,22,25,26). The number of nitrogens with one attached hydrogen (secondary N) is 1. The first-order chi connectivity index (χ1) is 13.3. The molecule has 0 aliphatic rings. The fourth-order valence-electron chi connectivity index (χ4n) is 2.82. The van der Waals surface area contributed by atoms with Crippen LogP contribution in [0.4, 0.5) is 5.69 Å². The van der Waals surface area contributed by atoms with Crippen molar-refractivity contribution in [3.63, 3.8) is 0 Å². The summed E-state index contributed by atoms with van der Waals surface area (Å²) in [6.45, 7) is 1.63. The Kier molecular flexibility index (Phi) is 6.02. The van der Waals surface area contributed by atoms with Gasteiger partial charge in [-0.2, -0.15) is 0 Å². The molecule has 0 heterocycles. The molecule has 8 heteroatoms. The number of ether oxygens (including phenoxy) is 1. The Labute approximate surface area is 171 Å². The maximum Gasteiger partial charge on any atom is 0.262 e. The molecule has 146 valence electrons. The van der Waals surface area contributed by atoms with Gasteiger partial charge in [-0.25, -0.2) is 13.6 Å². The van der Waals surface area contributed by atoms with Gasteiger partial charge in [0.2, 0.25) is 10.0 Å². The van der Waals surface area contributed by atoms with Gasteiger partial charge in [0.15, 0.2) is 6.61 Å². The largest absolute Gasteiger partial charge is 0.484 e. The molecule has 0 unspecified atom stereocenters. The van der Waals surface area contributed by atoms with E-state index in [4.69, 9.17) is 9.88 Å². The predicted molar refractivity (Wildman–Crippen MR) is 113 cm³/mol. The zero-order valence-electron chi connectivity index (χ0n) is 15.1. The van der Waals surface area contributed by atoms with Crippen molar-refractivity contribution in [2.45, 2.75) is 18.2 Å². The monoisotopic (exact) mass is 462 g/mol. The molecular weight excluding hydrogens is 444 g/mol. The number of hydrogen-bond acceptors (Lipinski definition) is 4. The van der Waals surface area contributed by atoms with Crippen molar-refractivity contribution in [1.29, 1.82) is 0 Å². The highest BCUT2D eigenvalue weighted by Crippen LogP contribution is 2.24. The van der Waals surface area contributed by atoms with Crippen LogP contribution in [0.3, 0.4) is 0 Å². The Morgan fingerprint density at radius 3 is 2.50 bits per heavy atom. The maximum absolute atomic E-state index is 12.2. The number of carbonyl (C=O) groups excluding carboxylic acids is 1. The molecule has 0 atom stereocenters. The van der Waals surface area contributed by atoms with Crippen molar-refractivity contribution < 1.29 is 17.9 Å². The fraction of sp³-hybridized carbons (Fsp3) is 0.150. The van der Waals surface area contributed by atoms with Crippen LogP contribution in [0.5, 0.6) is 5.75 Å². The minimum Gasteiger partial charge on any atom is -0.484 e. The average Bonchev–Trinajstić information content (AvgIpc) is 2.65. The van der Waals surface area contributed by atoms with Gasteiger partial charge in [-0.05, 0) is 59.2 Å². The van der Waals surface area contributed by atoms with Gasteiger partial charge in [-0.15, -0.1) is 0 Å². The number of amides is 1. The van der Waals surface area contributed by atoms with E-state index in [1.54, 1.807) is 18.2 Å². The molecule has 3 rings (SSSR count). The predicted octanol–water partition coefficient (Wildman–Crippen LogP) is 3.83. The SMILES string of the molecule is CCc1ccc(NC(=O)COc2ccc3cc(Br)ccc3c2)cc1S(N)(=O)=O. The first kappa shape index (κ1) is 20.3. The minimum atomic E-state index is -3.87. The Morgan fingerprint density at radius 2 is 1.79 bits per heavy atom. The lowest BCUT2D eigenvalue weighted by Gasteiger charge is -2.11. The number of sulfonamides is 1. The first-order valence-corrected chi connectivity index (χ1v) is 10.9. The van der Waals surface area contributed by atoms with Gasteiger partial charge < -0.3 is 10.1 Å². The van der Waals surface area contributed by atoms with Crippen LogP contribution < -0.4 is 15.2 Å². The molecular formula is C20H19BrN2O4S. The molecule has 3 N–H and O–H groups in total. The molecule has 0 aliphatic heterocycles. The number of benzene rings is 3. The topological polar surface area (TPSA) is 98.5 Å². The third-order valence-electron chi connectivity index (χ3n) is 4.18. The van der Waals surface area contributed by atoms with E-state index in [0.717, 1.165) is 15.2 Å². The molecule has 0 radical (unpaired) electrons. The van der Waals surface area contributed by atoms with Gasteiger partial charge in [0.1, 0.15) is 5.75 Å². The van der Waals surface area contributed by atoms with E-state index >= 15 is 0 Å². The van der Waals surface area contributed by atoms with Crippen molar-refractivity contribution >= 4 is 48.3 Å². The summed E-state index contributed by atoms with van der Waals surface area (Å²) < 4.78 is 30.0. The Bertz CT molecular complexity index is 1150. The van der Waals surface area contributed by atoms with Gasteiger partial charge >= 0.3 is 0 Å². The van der Waals surface area contributed by atoms with Crippen molar-refractivity contribution in [3.8, 4) is 5.75 Å². The van der Waals surface area contributed by atoms with E-state index < -0.39 is 15.9 Å². The Hall–Kier alpha value is -2.42. The molecule has 0 saturated heterocycles. The van der Waals surface area contributed by atoms with Crippen LogP contribution in [0.15, 0.2) is 64.0 Å². The summed E-state index contributed by atoms with van der Waals surface area (Å²) in [7, 11) is -3.87. The number of primary sulfonamides is 1. The van der Waals surface area contributed by atoms with Gasteiger partial charge in [0.05, 0.1) is 4.90 Å². The molecule has 0 fully saturated rings. The number of nitrogens with two attached hydrogens (primary N) is 1. The van der Waals surface area contributed by atoms with Gasteiger partial charge in [-0.1, -0.05) is 41.1 Å². The highest BCUT2D eigenvalue weighted by molar-refractivity contribution is 9.10. The Morgan fingerprint density at radius 1 is 1.07 bits per heavy atom. The normalized spacial score (nSPS) is 11.4. The molecule has 0 bridgehead atoms. The van der Waals surface area contributed by atoms with Crippen LogP contribution in [0.1, 0.15) is 12.5 Å². The van der Waals surface area contributed by atoms with E-state index in [9.17, 15) is 13.2 Å². The summed E-state index contributed by atoms with van der Waals surface area (Å²) in [5.41, 5.74) is 0.942. The second-order valence-corrected chi connectivity index (χ2v) is 8.66. The van der Waals surface area contributed by atoms with Crippen molar-refractivity contribution in [2.75, 3.05) is 11.9 Å². The molecule has 0 aliphatic carbocycles. The van der Waals surface area contributed by atoms with Crippen molar-refractivity contribution in [3.05, 3.63) is 64.6 Å². The summed E-state index contributed by atoms with van der Waals surface area (Å²) in [6, 6.07) is 16.1. The second kappa shape index (κ2) is 8.30. The maximum atomic E-state index is 12.2. The van der Waals surface area contributed by atoms with E-state index in [-0.39, 0.29) is 11.5 Å². The molecule has 0 spiro atoms. The van der Waals surface area contributed by atoms with Crippen molar-refractivity contribution in [1.82, 2.24) is 0 Å². The molecule has 3 aromatic carbocycles. The molecule has 28 heavy (non-hydrogen) atoms. The van der Waals surface area contributed by atoms with Crippen LogP contribution in [0.2, 0.25) is 0 Å². The minimum absolute atomic E-state index is 0.00871. The second-order valence-electron chi connectivity index (χ2n) is 6.21. The van der Waals surface area contributed by atoms with Crippen LogP contribution in [-0.4, -0.2) is 20.9 Å². The lowest BCUT2D eigenvalue weighted by Crippen LogP contribution is -2.21. The molecule has 6 nitrogen and oxygen atoms in total. The van der Waals surface area contributed by atoms with Crippen LogP contribution in [0, 0.1) is 0 Å². The number of fused-ring (bicyclic) bond motifs is 1. The smallest absolute Gasteiger partial charge is 0.262 e. The number of carbonyl (C=O) groups is 1. The lowest BCUT2D eigenvalue weighted by atomic mass is 10.1. The lowest BCUT2D eigenvalue weighted by molar-refractivity contribution is -0.118. The van der Waals surface area contributed by atoms with Crippen LogP contribution >= 0.6 is 15.9 Å². The third kappa shape index (κ3) is 4.89. The van der Waals surface area contributed by atoms with Gasteiger partial charge in [0.25, 0.3) is 5.91 Å². The van der Waals surface area contributed by atoms with Crippen LogP contribution in [0.25, 0.3) is 10.8 Å². The number of anilines is 1. The summed E-state index contributed by atoms with van der Waals surface area (Å²) >= 11 is 3.43. The van der Waals surface area contributed by atoms with E-state index in [0.29, 0.717) is 23.4 Å². The quantitative estimate of drug-likeness (QED) is 0.581. The summed E-state index contributed by atoms with van der Waals surface area (Å²) in [6.07, 6.45) is 0.516. The fourth-order valence-corrected chi connectivity index (χ4v) is 4.07. The number of hydrogen-bond donors (Lipinski definition) is 2. The number of halogens is 1. The van der Waals surface area contributed by atoms with Crippen LogP contribution in [-0.2, 0) is 21.2 Å². The summed E-state index contributed by atoms with van der Waals surface area (Å²) in [5, 5.41) is 9.93. The number of rotatable bonds is 6. The molecule has 1 amide bonds. The van der Waals surface area contributed by atoms with E-state index in [2.05, 4.69) is 21.2 Å². The van der Waals surface area contributed by atoms with Gasteiger partial charge in [0, 0.05) is 10.2 Å². The van der Waals surface area contributed by atoms with Gasteiger partial charge in [-0.3, -0.25) is 4.79 Å². The zero-order valence-corrected chi connectivity index (χ0v) is 17.5. The van der Waals surface area contributed by atoms with E-state index in [1.807, 2.05) is 37.3 Å². The highest BCUT2D eigenvalue weighted by atomic mass is 79.9. The summed E-state index contributed by atoms with van der Waals surface area (Å²) in [5.74, 6) is 0.164. The third-order valence-corrected chi connectivity index (χ3v) is 5.67. The zero-order chi connectivity index (χ0) is 20.3. The summed E-state index contributed by atoms with van der Waals surface area (Å²) in [4.78, 5) is 12.2. The molecule has 0 saturated carbocycles. The first-order valence-electron chi connectivity index (χ1n) is 8.54. The molecule has 3 aromatic rings. The molecule has 0 aromatic heterocycles. The Balaban J connectivity index is 1.68. The average molecular weight is 463 g/mol. The number of aryl methyl sites for hydroxylation is 1. The van der Waals surface area contributed by atoms with E-state index in [1.165, 1.54) is 6.07 Å². The highest BCUT2D eigenvalue weighted by Gasteiger charge is 2.15. The van der Waals surface area contributed by atoms with Crippen molar-refractivity contribution in [2.24, 2.45) is 5.14 Å².